The van der Waals surface area contributed by atoms with Crippen LogP contribution in [0.3, 0.4) is 0 Å². The van der Waals surface area contributed by atoms with Gasteiger partial charge in [-0.25, -0.2) is 4.79 Å². The molecule has 0 aliphatic rings. The van der Waals surface area contributed by atoms with E-state index in [4.69, 9.17) is 5.73 Å². The molecule has 0 saturated heterocycles. The minimum atomic E-state index is -0.560. The molecule has 16 heavy (non-hydrogen) atoms. The lowest BCUT2D eigenvalue weighted by Crippen LogP contribution is -2.44. The van der Waals surface area contributed by atoms with Gasteiger partial charge in [0, 0.05) is 6.42 Å². The Morgan fingerprint density at radius 3 is 2.38 bits per heavy atom. The summed E-state index contributed by atoms with van der Waals surface area (Å²) in [6.07, 6.45) is 1.96. The van der Waals surface area contributed by atoms with Crippen LogP contribution in [0.1, 0.15) is 33.1 Å². The van der Waals surface area contributed by atoms with E-state index in [1.807, 2.05) is 13.8 Å². The molecule has 0 saturated carbocycles. The first kappa shape index (κ1) is 14.9. The number of hydrogen-bond donors (Lipinski definition) is 2. The van der Waals surface area contributed by atoms with Crippen molar-refractivity contribution >= 4 is 11.9 Å². The first-order chi connectivity index (χ1) is 7.52. The SMILES string of the molecule is COC(=O)C(NC(=O)CCCCN)C(C)C. The fraction of sp³-hybridized carbons (Fsp3) is 0.818. The minimum Gasteiger partial charge on any atom is -0.467 e. The van der Waals surface area contributed by atoms with Crippen LogP contribution in [-0.4, -0.2) is 31.6 Å². The van der Waals surface area contributed by atoms with Crippen LogP contribution in [0, 0.1) is 5.92 Å². The molecule has 0 bridgehead atoms. The number of amides is 1. The zero-order valence-corrected chi connectivity index (χ0v) is 10.3. The van der Waals surface area contributed by atoms with Crippen LogP contribution in [-0.2, 0) is 14.3 Å². The normalized spacial score (nSPS) is 12.3. The van der Waals surface area contributed by atoms with E-state index in [0.29, 0.717) is 13.0 Å². The Kier molecular flexibility index (Phi) is 7.54. The quantitative estimate of drug-likeness (QED) is 0.491. The molecule has 0 aromatic carbocycles. The molecule has 3 N–H and O–H groups in total. The van der Waals surface area contributed by atoms with Gasteiger partial charge in [-0.2, -0.15) is 0 Å². The molecule has 1 atom stereocenters. The van der Waals surface area contributed by atoms with Crippen LogP contribution in [0.25, 0.3) is 0 Å². The molecule has 0 aromatic rings. The summed E-state index contributed by atoms with van der Waals surface area (Å²) in [4.78, 5) is 22.9. The molecule has 1 unspecified atom stereocenters. The summed E-state index contributed by atoms with van der Waals surface area (Å²) >= 11 is 0. The van der Waals surface area contributed by atoms with Crippen LogP contribution < -0.4 is 11.1 Å². The number of nitrogens with one attached hydrogen (secondary N) is 1. The molecule has 0 aromatic heterocycles. The number of nitrogens with two attached hydrogens (primary N) is 1. The van der Waals surface area contributed by atoms with E-state index in [0.717, 1.165) is 12.8 Å². The highest BCUT2D eigenvalue weighted by atomic mass is 16.5. The molecule has 0 fully saturated rings. The monoisotopic (exact) mass is 230 g/mol. The molecule has 5 heteroatoms. The Morgan fingerprint density at radius 2 is 1.94 bits per heavy atom. The molecule has 1 amide bonds. The number of esters is 1. The van der Waals surface area contributed by atoms with Gasteiger partial charge in [0.15, 0.2) is 0 Å². The topological polar surface area (TPSA) is 81.4 Å². The second-order valence-electron chi connectivity index (χ2n) is 4.06. The maximum absolute atomic E-state index is 11.5. The van der Waals surface area contributed by atoms with Crippen molar-refractivity contribution in [3.8, 4) is 0 Å². The van der Waals surface area contributed by atoms with E-state index in [9.17, 15) is 9.59 Å². The highest BCUT2D eigenvalue weighted by molar-refractivity contribution is 5.84. The van der Waals surface area contributed by atoms with E-state index in [-0.39, 0.29) is 11.8 Å². The zero-order valence-electron chi connectivity index (χ0n) is 10.3. The van der Waals surface area contributed by atoms with Crippen molar-refractivity contribution in [1.82, 2.24) is 5.32 Å². The molecule has 5 nitrogen and oxygen atoms in total. The van der Waals surface area contributed by atoms with E-state index >= 15 is 0 Å². The van der Waals surface area contributed by atoms with Crippen LogP contribution >= 0.6 is 0 Å². The molecule has 0 radical (unpaired) electrons. The Labute approximate surface area is 96.7 Å². The molecular weight excluding hydrogens is 208 g/mol. The third kappa shape index (κ3) is 5.70. The van der Waals surface area contributed by atoms with Crippen LogP contribution in [0.5, 0.6) is 0 Å². The Bertz CT molecular complexity index is 229. The number of ether oxygens (including phenoxy) is 1. The number of carbonyl (C=O) groups excluding carboxylic acids is 2. The lowest BCUT2D eigenvalue weighted by Gasteiger charge is -2.19. The van der Waals surface area contributed by atoms with E-state index in [2.05, 4.69) is 10.1 Å². The molecule has 0 heterocycles. The fourth-order valence-electron chi connectivity index (χ4n) is 1.30. The van der Waals surface area contributed by atoms with Gasteiger partial charge in [-0.1, -0.05) is 13.8 Å². The Balaban J connectivity index is 4.09. The highest BCUT2D eigenvalue weighted by Crippen LogP contribution is 2.04. The van der Waals surface area contributed by atoms with Crippen LogP contribution in [0.4, 0.5) is 0 Å². The molecule has 0 rings (SSSR count). The summed E-state index contributed by atoms with van der Waals surface area (Å²) < 4.78 is 4.63. The van der Waals surface area contributed by atoms with Gasteiger partial charge in [0.25, 0.3) is 0 Å². The van der Waals surface area contributed by atoms with Gasteiger partial charge in [0.2, 0.25) is 5.91 Å². The Morgan fingerprint density at radius 1 is 1.31 bits per heavy atom. The van der Waals surface area contributed by atoms with Gasteiger partial charge >= 0.3 is 5.97 Å². The lowest BCUT2D eigenvalue weighted by molar-refractivity contribution is -0.146. The third-order valence-corrected chi connectivity index (χ3v) is 2.30. The Hall–Kier alpha value is -1.10. The summed E-state index contributed by atoms with van der Waals surface area (Å²) in [5.41, 5.74) is 5.33. The molecule has 0 spiro atoms. The standard InChI is InChI=1S/C11H22N2O3/c1-8(2)10(11(15)16-3)13-9(14)6-4-5-7-12/h8,10H,4-7,12H2,1-3H3,(H,13,14). The smallest absolute Gasteiger partial charge is 0.328 e. The summed E-state index contributed by atoms with van der Waals surface area (Å²) in [7, 11) is 1.32. The molecular formula is C11H22N2O3. The van der Waals surface area contributed by atoms with Crippen molar-refractivity contribution in [2.24, 2.45) is 11.7 Å². The zero-order chi connectivity index (χ0) is 12.6. The van der Waals surface area contributed by atoms with Gasteiger partial charge in [-0.15, -0.1) is 0 Å². The third-order valence-electron chi connectivity index (χ3n) is 2.30. The molecule has 0 aliphatic carbocycles. The van der Waals surface area contributed by atoms with Crippen molar-refractivity contribution in [2.45, 2.75) is 39.2 Å². The maximum atomic E-state index is 11.5. The lowest BCUT2D eigenvalue weighted by atomic mass is 10.0. The number of carbonyl (C=O) groups is 2. The first-order valence-corrected chi connectivity index (χ1v) is 5.60. The largest absolute Gasteiger partial charge is 0.467 e. The van der Waals surface area contributed by atoms with Gasteiger partial charge < -0.3 is 15.8 Å². The van der Waals surface area contributed by atoms with E-state index < -0.39 is 12.0 Å². The summed E-state index contributed by atoms with van der Waals surface area (Å²) in [5, 5.41) is 2.67. The number of unbranched alkanes of at least 4 members (excludes halogenated alkanes) is 1. The average molecular weight is 230 g/mol. The number of hydrogen-bond acceptors (Lipinski definition) is 4. The van der Waals surface area contributed by atoms with Crippen molar-refractivity contribution < 1.29 is 14.3 Å². The van der Waals surface area contributed by atoms with Crippen LogP contribution in [0.2, 0.25) is 0 Å². The second-order valence-corrected chi connectivity index (χ2v) is 4.06. The maximum Gasteiger partial charge on any atom is 0.328 e. The second kappa shape index (κ2) is 8.10. The van der Waals surface area contributed by atoms with Crippen molar-refractivity contribution in [2.75, 3.05) is 13.7 Å². The van der Waals surface area contributed by atoms with Crippen molar-refractivity contribution in [3.05, 3.63) is 0 Å². The predicted octanol–water partition coefficient (Wildman–Crippen LogP) is 0.429. The number of rotatable bonds is 7. The minimum absolute atomic E-state index is 0.0194. The van der Waals surface area contributed by atoms with Gasteiger partial charge in [0.05, 0.1) is 7.11 Å². The molecule has 94 valence electrons. The van der Waals surface area contributed by atoms with Crippen molar-refractivity contribution in [1.29, 1.82) is 0 Å². The summed E-state index contributed by atoms with van der Waals surface area (Å²) in [5.74, 6) is -0.509. The summed E-state index contributed by atoms with van der Waals surface area (Å²) in [6.45, 7) is 4.31. The van der Waals surface area contributed by atoms with Gasteiger partial charge in [-0.05, 0) is 25.3 Å². The predicted molar refractivity (Wildman–Crippen MR) is 61.7 cm³/mol. The van der Waals surface area contributed by atoms with E-state index in [1.54, 1.807) is 0 Å². The van der Waals surface area contributed by atoms with Crippen molar-refractivity contribution in [3.63, 3.8) is 0 Å². The van der Waals surface area contributed by atoms with E-state index in [1.165, 1.54) is 7.11 Å². The van der Waals surface area contributed by atoms with Gasteiger partial charge in [-0.3, -0.25) is 4.79 Å². The highest BCUT2D eigenvalue weighted by Gasteiger charge is 2.24. The fourth-order valence-corrected chi connectivity index (χ4v) is 1.30. The number of methoxy groups -OCH3 is 1. The van der Waals surface area contributed by atoms with Crippen LogP contribution in [0.15, 0.2) is 0 Å². The molecule has 0 aliphatic heterocycles. The van der Waals surface area contributed by atoms with Gasteiger partial charge in [0.1, 0.15) is 6.04 Å². The first-order valence-electron chi connectivity index (χ1n) is 5.60. The average Bonchev–Trinajstić information content (AvgIpc) is 2.25. The summed E-state index contributed by atoms with van der Waals surface area (Å²) in [6, 6.07) is -0.560.